The Hall–Kier alpha value is -3.31. The fourth-order valence-electron chi connectivity index (χ4n) is 3.60. The number of amides is 2. The summed E-state index contributed by atoms with van der Waals surface area (Å²) in [7, 11) is 0. The molecule has 33 heavy (non-hydrogen) atoms. The van der Waals surface area contributed by atoms with Gasteiger partial charge in [-0.2, -0.15) is 0 Å². The van der Waals surface area contributed by atoms with Crippen LogP contribution in [0.3, 0.4) is 0 Å². The molecule has 3 rings (SSSR count). The van der Waals surface area contributed by atoms with E-state index in [-0.39, 0.29) is 18.4 Å². The number of aryl methyl sites for hydroxylation is 1. The summed E-state index contributed by atoms with van der Waals surface area (Å²) in [6, 6.07) is 23.8. The molecular weight excluding hydrogens is 436 g/mol. The van der Waals surface area contributed by atoms with Crippen LogP contribution in [-0.2, 0) is 22.6 Å². The van der Waals surface area contributed by atoms with Crippen LogP contribution in [-0.4, -0.2) is 35.9 Å². The average Bonchev–Trinajstić information content (AvgIpc) is 2.82. The molecule has 1 atom stereocenters. The van der Waals surface area contributed by atoms with E-state index in [1.54, 1.807) is 29.2 Å². The van der Waals surface area contributed by atoms with Crippen LogP contribution in [0.1, 0.15) is 23.6 Å². The molecule has 0 aromatic heterocycles. The number of nitrogens with one attached hydrogen (secondary N) is 1. The van der Waals surface area contributed by atoms with Gasteiger partial charge in [-0.3, -0.25) is 9.59 Å². The summed E-state index contributed by atoms with van der Waals surface area (Å²) in [5, 5.41) is 3.42. The number of likely N-dealkylation sites (N-methyl/N-ethyl adjacent to an activating group) is 1. The highest BCUT2D eigenvalue weighted by atomic mass is 35.5. The highest BCUT2D eigenvalue weighted by molar-refractivity contribution is 6.30. The van der Waals surface area contributed by atoms with Crippen LogP contribution < -0.4 is 10.1 Å². The number of rotatable bonds is 10. The molecular formula is C27H29ClN2O3. The number of ether oxygens (including phenoxy) is 1. The van der Waals surface area contributed by atoms with Gasteiger partial charge in [0.15, 0.2) is 6.61 Å². The molecule has 3 aromatic carbocycles. The van der Waals surface area contributed by atoms with Crippen molar-refractivity contribution in [1.29, 1.82) is 0 Å². The van der Waals surface area contributed by atoms with Gasteiger partial charge < -0.3 is 15.0 Å². The van der Waals surface area contributed by atoms with Crippen LogP contribution >= 0.6 is 11.6 Å². The molecule has 6 heteroatoms. The minimum Gasteiger partial charge on any atom is -0.484 e. The van der Waals surface area contributed by atoms with Crippen LogP contribution in [0.15, 0.2) is 78.9 Å². The lowest BCUT2D eigenvalue weighted by molar-refractivity contribution is -0.142. The van der Waals surface area contributed by atoms with Gasteiger partial charge in [0.1, 0.15) is 11.8 Å². The molecule has 0 radical (unpaired) electrons. The quantitative estimate of drug-likeness (QED) is 0.468. The summed E-state index contributed by atoms with van der Waals surface area (Å²) >= 11 is 6.04. The van der Waals surface area contributed by atoms with E-state index in [1.165, 1.54) is 0 Å². The summed E-state index contributed by atoms with van der Waals surface area (Å²) in [4.78, 5) is 28.2. The van der Waals surface area contributed by atoms with Gasteiger partial charge in [-0.25, -0.2) is 0 Å². The zero-order chi connectivity index (χ0) is 23.6. The summed E-state index contributed by atoms with van der Waals surface area (Å²) in [6.07, 6.45) is 0.404. The first-order chi connectivity index (χ1) is 16.0. The lowest BCUT2D eigenvalue weighted by atomic mass is 10.0. The molecule has 172 valence electrons. The van der Waals surface area contributed by atoms with E-state index in [4.69, 9.17) is 16.3 Å². The maximum atomic E-state index is 13.4. The summed E-state index contributed by atoms with van der Waals surface area (Å²) in [5.41, 5.74) is 3.02. The first-order valence-electron chi connectivity index (χ1n) is 11.0. The molecule has 0 heterocycles. The standard InChI is InChI=1S/C27H29ClN2O3/c1-3-29-27(32)25(16-21-11-5-4-6-12-21)30(18-22-13-8-7-10-20(22)2)26(31)19-33-24-15-9-14-23(28)17-24/h4-15,17,25H,3,16,18-19H2,1-2H3,(H,29,32). The third kappa shape index (κ3) is 7.09. The van der Waals surface area contributed by atoms with Crippen molar-refractivity contribution in [2.75, 3.05) is 13.2 Å². The summed E-state index contributed by atoms with van der Waals surface area (Å²) in [5.74, 6) is 0.0424. The molecule has 0 spiro atoms. The second-order valence-corrected chi connectivity index (χ2v) is 8.23. The number of carbonyl (C=O) groups is 2. The predicted molar refractivity (Wildman–Crippen MR) is 131 cm³/mol. The first kappa shape index (κ1) is 24.3. The van der Waals surface area contributed by atoms with E-state index in [0.717, 1.165) is 16.7 Å². The molecule has 0 aliphatic carbocycles. The number of hydrogen-bond donors (Lipinski definition) is 1. The SMILES string of the molecule is CCNC(=O)C(Cc1ccccc1)N(Cc1ccccc1C)C(=O)COc1cccc(Cl)c1. The van der Waals surface area contributed by atoms with Crippen molar-refractivity contribution < 1.29 is 14.3 Å². The van der Waals surface area contributed by atoms with Crippen molar-refractivity contribution in [2.45, 2.75) is 32.9 Å². The van der Waals surface area contributed by atoms with Crippen molar-refractivity contribution in [2.24, 2.45) is 0 Å². The molecule has 1 N–H and O–H groups in total. The fourth-order valence-corrected chi connectivity index (χ4v) is 3.78. The molecule has 0 fully saturated rings. The van der Waals surface area contributed by atoms with E-state index in [9.17, 15) is 9.59 Å². The van der Waals surface area contributed by atoms with Crippen LogP contribution in [0.5, 0.6) is 5.75 Å². The number of hydrogen-bond acceptors (Lipinski definition) is 3. The largest absolute Gasteiger partial charge is 0.484 e. The Morgan fingerprint density at radius 3 is 2.42 bits per heavy atom. The molecule has 5 nitrogen and oxygen atoms in total. The molecule has 0 saturated carbocycles. The Bertz CT molecular complexity index is 1070. The minimum absolute atomic E-state index is 0.189. The maximum Gasteiger partial charge on any atom is 0.261 e. The van der Waals surface area contributed by atoms with Crippen LogP contribution in [0.2, 0.25) is 5.02 Å². The van der Waals surface area contributed by atoms with Crippen molar-refractivity contribution in [1.82, 2.24) is 10.2 Å². The predicted octanol–water partition coefficient (Wildman–Crippen LogP) is 4.80. The van der Waals surface area contributed by atoms with E-state index in [2.05, 4.69) is 5.32 Å². The number of carbonyl (C=O) groups excluding carboxylic acids is 2. The van der Waals surface area contributed by atoms with Gasteiger partial charge in [-0.15, -0.1) is 0 Å². The highest BCUT2D eigenvalue weighted by Gasteiger charge is 2.30. The minimum atomic E-state index is -0.678. The average molecular weight is 465 g/mol. The van der Waals surface area contributed by atoms with Gasteiger partial charge in [0.2, 0.25) is 5.91 Å². The maximum absolute atomic E-state index is 13.4. The van der Waals surface area contributed by atoms with Gasteiger partial charge in [0.25, 0.3) is 5.91 Å². The molecule has 0 aliphatic rings. The van der Waals surface area contributed by atoms with E-state index in [0.29, 0.717) is 30.3 Å². The first-order valence-corrected chi connectivity index (χ1v) is 11.4. The van der Waals surface area contributed by atoms with Crippen LogP contribution in [0, 0.1) is 6.92 Å². The Morgan fingerprint density at radius 2 is 1.73 bits per heavy atom. The van der Waals surface area contributed by atoms with Crippen molar-refractivity contribution in [3.63, 3.8) is 0 Å². The normalized spacial score (nSPS) is 11.5. The Morgan fingerprint density at radius 1 is 1.00 bits per heavy atom. The molecule has 0 aliphatic heterocycles. The molecule has 0 saturated heterocycles. The molecule has 3 aromatic rings. The third-order valence-corrected chi connectivity index (χ3v) is 5.62. The fraction of sp³-hybridized carbons (Fsp3) is 0.259. The third-order valence-electron chi connectivity index (χ3n) is 5.38. The lowest BCUT2D eigenvalue weighted by Crippen LogP contribution is -2.51. The second-order valence-electron chi connectivity index (χ2n) is 7.79. The number of nitrogens with zero attached hydrogens (tertiary/aromatic N) is 1. The zero-order valence-corrected chi connectivity index (χ0v) is 19.7. The topological polar surface area (TPSA) is 58.6 Å². The van der Waals surface area contributed by atoms with Crippen molar-refractivity contribution >= 4 is 23.4 Å². The van der Waals surface area contributed by atoms with Crippen LogP contribution in [0.4, 0.5) is 0 Å². The van der Waals surface area contributed by atoms with Gasteiger partial charge >= 0.3 is 0 Å². The zero-order valence-electron chi connectivity index (χ0n) is 19.0. The molecule has 0 bridgehead atoms. The van der Waals surface area contributed by atoms with Gasteiger partial charge in [-0.1, -0.05) is 72.3 Å². The van der Waals surface area contributed by atoms with Gasteiger partial charge in [-0.05, 0) is 48.7 Å². The molecule has 2 amide bonds. The Kier molecular flexibility index (Phi) is 8.90. The van der Waals surface area contributed by atoms with E-state index >= 15 is 0 Å². The highest BCUT2D eigenvalue weighted by Crippen LogP contribution is 2.19. The second kappa shape index (κ2) is 12.1. The van der Waals surface area contributed by atoms with Gasteiger partial charge in [0.05, 0.1) is 0 Å². The van der Waals surface area contributed by atoms with Crippen molar-refractivity contribution in [3.05, 3.63) is 101 Å². The Balaban J connectivity index is 1.90. The van der Waals surface area contributed by atoms with E-state index in [1.807, 2.05) is 68.4 Å². The summed E-state index contributed by atoms with van der Waals surface area (Å²) in [6.45, 7) is 4.46. The smallest absolute Gasteiger partial charge is 0.261 e. The number of benzene rings is 3. The lowest BCUT2D eigenvalue weighted by Gasteiger charge is -2.31. The molecule has 1 unspecified atom stereocenters. The van der Waals surface area contributed by atoms with Crippen LogP contribution in [0.25, 0.3) is 0 Å². The van der Waals surface area contributed by atoms with E-state index < -0.39 is 6.04 Å². The Labute approximate surface area is 200 Å². The summed E-state index contributed by atoms with van der Waals surface area (Å²) < 4.78 is 5.73. The monoisotopic (exact) mass is 464 g/mol. The van der Waals surface area contributed by atoms with Gasteiger partial charge in [0, 0.05) is 24.5 Å². The number of halogens is 1. The van der Waals surface area contributed by atoms with Crippen molar-refractivity contribution in [3.8, 4) is 5.75 Å².